The van der Waals surface area contributed by atoms with Crippen LogP contribution in [0.1, 0.15) is 39.0 Å². The van der Waals surface area contributed by atoms with Gasteiger partial charge in [-0.25, -0.2) is 0 Å². The normalized spacial score (nSPS) is 37.1. The van der Waals surface area contributed by atoms with Gasteiger partial charge in [0.15, 0.2) is 12.6 Å². The number of aliphatic hydroxyl groups excluding tert-OH is 4. The van der Waals surface area contributed by atoms with Gasteiger partial charge in [-0.3, -0.25) is 0 Å². The minimum atomic E-state index is -1.24. The van der Waals surface area contributed by atoms with E-state index in [1.165, 1.54) is 7.05 Å². The van der Waals surface area contributed by atoms with Crippen LogP contribution in [-0.2, 0) is 18.9 Å². The second-order valence-electron chi connectivity index (χ2n) is 10.5. The largest absolute Gasteiger partial charge is 0.468 e. The van der Waals surface area contributed by atoms with Crippen LogP contribution in [0.3, 0.4) is 0 Å². The molecule has 39 heavy (non-hydrogen) atoms. The minimum Gasteiger partial charge on any atom is -0.468 e. The van der Waals surface area contributed by atoms with E-state index in [-0.39, 0.29) is 26.2 Å². The second kappa shape index (κ2) is 17.1. The molecule has 0 aromatic carbocycles. The Morgan fingerprint density at radius 3 is 2.54 bits per heavy atom. The van der Waals surface area contributed by atoms with Gasteiger partial charge in [0.25, 0.3) is 0 Å². The molecule has 0 bridgehead atoms. The van der Waals surface area contributed by atoms with E-state index in [0.29, 0.717) is 25.9 Å². The first-order valence-corrected chi connectivity index (χ1v) is 13.8. The summed E-state index contributed by atoms with van der Waals surface area (Å²) in [6, 6.07) is -1.85. The summed E-state index contributed by atoms with van der Waals surface area (Å²) in [5, 5.41) is 57.6. The Morgan fingerprint density at radius 2 is 1.90 bits per heavy atom. The summed E-state index contributed by atoms with van der Waals surface area (Å²) in [6.45, 7) is 2.77. The molecule has 0 aromatic heterocycles. The predicted molar refractivity (Wildman–Crippen MR) is 143 cm³/mol. The molecule has 1 saturated carbocycles. The van der Waals surface area contributed by atoms with E-state index in [2.05, 4.69) is 16.4 Å². The number of nitrogens with two attached hydrogens (primary N) is 3. The molecular weight excluding hydrogens is 514 g/mol. The molecule has 1 saturated heterocycles. The van der Waals surface area contributed by atoms with E-state index in [0.717, 1.165) is 25.1 Å². The molecule has 9 atom stereocenters. The van der Waals surface area contributed by atoms with Gasteiger partial charge >= 0.3 is 0 Å². The van der Waals surface area contributed by atoms with Gasteiger partial charge in [0.1, 0.15) is 30.2 Å². The van der Waals surface area contributed by atoms with Gasteiger partial charge < -0.3 is 72.3 Å². The van der Waals surface area contributed by atoms with Crippen molar-refractivity contribution >= 4 is 0 Å². The Bertz CT molecular complexity index is 715. The molecule has 2 aliphatic heterocycles. The van der Waals surface area contributed by atoms with Crippen LogP contribution >= 0.6 is 0 Å². The second-order valence-corrected chi connectivity index (χ2v) is 10.5. The van der Waals surface area contributed by atoms with Gasteiger partial charge in [-0.1, -0.05) is 0 Å². The summed E-state index contributed by atoms with van der Waals surface area (Å²) < 4.78 is 23.8. The van der Waals surface area contributed by atoms with Crippen LogP contribution < -0.4 is 27.8 Å². The van der Waals surface area contributed by atoms with Crippen LogP contribution in [0.15, 0.2) is 11.8 Å². The maximum atomic E-state index is 11.4. The van der Waals surface area contributed by atoms with E-state index >= 15 is 0 Å². The lowest BCUT2D eigenvalue weighted by Gasteiger charge is -2.47. The van der Waals surface area contributed by atoms with Crippen molar-refractivity contribution < 1.29 is 44.5 Å². The maximum Gasteiger partial charge on any atom is 0.200 e. The van der Waals surface area contributed by atoms with Crippen molar-refractivity contribution in [2.24, 2.45) is 17.2 Å². The van der Waals surface area contributed by atoms with E-state index in [1.54, 1.807) is 6.92 Å². The predicted octanol–water partition coefficient (Wildman–Crippen LogP) is -3.45. The summed E-state index contributed by atoms with van der Waals surface area (Å²) in [6.07, 6.45) is -1.34. The van der Waals surface area contributed by atoms with Gasteiger partial charge in [-0.15, -0.1) is 0 Å². The molecule has 2 fully saturated rings. The highest BCUT2D eigenvalue weighted by Gasteiger charge is 2.48. The Kier molecular flexibility index (Phi) is 15.0. The van der Waals surface area contributed by atoms with Crippen LogP contribution in [0.2, 0.25) is 0 Å². The lowest BCUT2D eigenvalue weighted by atomic mass is 9.83. The summed E-state index contributed by atoms with van der Waals surface area (Å²) in [7, 11) is 1.50. The first-order valence-electron chi connectivity index (χ1n) is 13.8. The Labute approximate surface area is 230 Å². The number of hydrogen-bond acceptors (Lipinski definition) is 14. The van der Waals surface area contributed by atoms with Crippen LogP contribution in [0.5, 0.6) is 0 Å². The van der Waals surface area contributed by atoms with Crippen molar-refractivity contribution in [3.05, 3.63) is 11.8 Å². The van der Waals surface area contributed by atoms with Gasteiger partial charge in [0, 0.05) is 24.9 Å². The molecule has 2 heterocycles. The maximum absolute atomic E-state index is 11.4. The van der Waals surface area contributed by atoms with Gasteiger partial charge in [0.05, 0.1) is 38.0 Å². The number of nitrogens with one attached hydrogen (secondary N) is 2. The fourth-order valence-electron chi connectivity index (χ4n) is 4.97. The number of hydrogen-bond donors (Lipinski definition) is 10. The van der Waals surface area contributed by atoms with Crippen molar-refractivity contribution in [3.63, 3.8) is 0 Å². The van der Waals surface area contributed by atoms with Crippen LogP contribution in [0.25, 0.3) is 0 Å². The highest BCUT2D eigenvalue weighted by Crippen LogP contribution is 2.32. The molecular formula is C25H51N5O9. The summed E-state index contributed by atoms with van der Waals surface area (Å²) in [5.74, 6) is 0.749. The van der Waals surface area contributed by atoms with Crippen molar-refractivity contribution in [2.45, 2.75) is 99.8 Å². The molecule has 5 unspecified atom stereocenters. The first-order chi connectivity index (χ1) is 18.7. The molecule has 230 valence electrons. The highest BCUT2D eigenvalue weighted by atomic mass is 16.7. The fourth-order valence-corrected chi connectivity index (χ4v) is 4.97. The van der Waals surface area contributed by atoms with Crippen LogP contribution in [-0.4, -0.2) is 133 Å². The van der Waals surface area contributed by atoms with Gasteiger partial charge in [-0.2, -0.15) is 0 Å². The lowest BCUT2D eigenvalue weighted by molar-refractivity contribution is -0.297. The van der Waals surface area contributed by atoms with E-state index in [1.807, 2.05) is 6.08 Å². The molecule has 3 aliphatic rings. The SMILES string of the molecule is CN.C[C@]1(O)COC(O[C@H]2C(NC(CO)CO)CC(N)[C@@H](O[C@@H]3CCC=C(CNCCCN)O3)C2O)C(O)C1. The van der Waals surface area contributed by atoms with E-state index < -0.39 is 60.7 Å². The number of rotatable bonds is 13. The molecule has 14 heteroatoms. The van der Waals surface area contributed by atoms with Gasteiger partial charge in [0.2, 0.25) is 0 Å². The first kappa shape index (κ1) is 34.2. The number of aliphatic hydroxyl groups is 5. The standard InChI is InChI=1S/C24H46N4O9.CH5N/c1-24(33)9-18(31)23(34-13-24)37-22-17(28-14(11-29)12-30)8-16(26)21(20(22)32)36-19-5-2-4-15(35-19)10-27-7-3-6-25;1-2/h4,14,16-23,27-33H,2-3,5-13,25-26H2,1H3;2H2,1H3/t16?,17?,18?,19-,20?,21-,22+,23?,24-;/m1./s1. The topological polar surface area (TPSA) is 240 Å². The van der Waals surface area contributed by atoms with Crippen molar-refractivity contribution in [1.29, 1.82) is 0 Å². The minimum absolute atomic E-state index is 0.0399. The summed E-state index contributed by atoms with van der Waals surface area (Å²) >= 11 is 0. The van der Waals surface area contributed by atoms with Crippen LogP contribution in [0.4, 0.5) is 0 Å². The molecule has 0 radical (unpaired) electrons. The number of ether oxygens (including phenoxy) is 4. The smallest absolute Gasteiger partial charge is 0.200 e. The molecule has 0 aromatic rings. The van der Waals surface area contributed by atoms with E-state index in [4.69, 9.17) is 30.4 Å². The van der Waals surface area contributed by atoms with E-state index in [9.17, 15) is 25.5 Å². The molecule has 13 N–H and O–H groups in total. The van der Waals surface area contributed by atoms with Crippen molar-refractivity contribution in [2.75, 3.05) is 46.5 Å². The number of allylic oxidation sites excluding steroid dienone is 1. The Morgan fingerprint density at radius 1 is 1.18 bits per heavy atom. The summed E-state index contributed by atoms with van der Waals surface area (Å²) in [4.78, 5) is 0. The fraction of sp³-hybridized carbons (Fsp3) is 0.920. The monoisotopic (exact) mass is 565 g/mol. The lowest BCUT2D eigenvalue weighted by Crippen LogP contribution is -2.67. The third-order valence-corrected chi connectivity index (χ3v) is 6.94. The highest BCUT2D eigenvalue weighted by molar-refractivity contribution is 5.03. The van der Waals surface area contributed by atoms with Gasteiger partial charge in [-0.05, 0) is 52.4 Å². The third-order valence-electron chi connectivity index (χ3n) is 6.94. The zero-order valence-corrected chi connectivity index (χ0v) is 23.2. The average Bonchev–Trinajstić information content (AvgIpc) is 2.92. The van der Waals surface area contributed by atoms with Crippen molar-refractivity contribution in [1.82, 2.24) is 10.6 Å². The zero-order chi connectivity index (χ0) is 29.0. The average molecular weight is 566 g/mol. The third kappa shape index (κ3) is 10.4. The molecule has 14 nitrogen and oxygen atoms in total. The van der Waals surface area contributed by atoms with Crippen molar-refractivity contribution in [3.8, 4) is 0 Å². The summed E-state index contributed by atoms with van der Waals surface area (Å²) in [5.41, 5.74) is 15.3. The Hall–Kier alpha value is -0.980. The Balaban J connectivity index is 0.00000260. The molecule has 1 aliphatic carbocycles. The zero-order valence-electron chi connectivity index (χ0n) is 23.2. The molecule has 0 amide bonds. The quantitative estimate of drug-likeness (QED) is 0.0977. The molecule has 0 spiro atoms. The van der Waals surface area contributed by atoms with Crippen LogP contribution in [0, 0.1) is 0 Å². The molecule has 3 rings (SSSR count).